The first-order chi connectivity index (χ1) is 5.97. The summed E-state index contributed by atoms with van der Waals surface area (Å²) in [6.45, 7) is 0. The van der Waals surface area contributed by atoms with E-state index in [1.807, 2.05) is 0 Å². The lowest BCUT2D eigenvalue weighted by Crippen LogP contribution is -2.18. The lowest BCUT2D eigenvalue weighted by molar-refractivity contribution is 0.262. The quantitative estimate of drug-likeness (QED) is 0.350. The van der Waals surface area contributed by atoms with Crippen molar-refractivity contribution in [1.29, 1.82) is 0 Å². The summed E-state index contributed by atoms with van der Waals surface area (Å²) in [6, 6.07) is 4.02. The van der Waals surface area contributed by atoms with Crippen LogP contribution in [-0.4, -0.2) is 0 Å². The third-order valence-corrected chi connectivity index (χ3v) is 2.58. The summed E-state index contributed by atoms with van der Waals surface area (Å²) >= 11 is 0. The van der Waals surface area contributed by atoms with E-state index in [0.717, 1.165) is 0 Å². The summed E-state index contributed by atoms with van der Waals surface area (Å²) in [4.78, 5) is -0.227. The molecule has 0 heterocycles. The molecular weight excluding hydrogens is 194 g/mol. The van der Waals surface area contributed by atoms with Gasteiger partial charge in [-0.1, -0.05) is 0 Å². The molecule has 0 bridgehead atoms. The highest BCUT2D eigenvalue weighted by molar-refractivity contribution is 7.93. The molecule has 0 saturated heterocycles. The van der Waals surface area contributed by atoms with E-state index in [9.17, 15) is 8.76 Å². The maximum absolute atomic E-state index is 11.1. The van der Waals surface area contributed by atoms with Crippen LogP contribution in [0.4, 0.5) is 11.4 Å². The molecule has 6 nitrogen and oxygen atoms in total. The van der Waals surface area contributed by atoms with Gasteiger partial charge >= 0.3 is 10.5 Å². The SMILES string of the molecule is NO[S+]([O])(=O)c1cc(N)ccc1N. The first-order valence-electron chi connectivity index (χ1n) is 3.26. The Kier molecular flexibility index (Phi) is 2.52. The zero-order valence-electron chi connectivity index (χ0n) is 6.60. The van der Waals surface area contributed by atoms with Crippen molar-refractivity contribution in [3.8, 4) is 0 Å². The van der Waals surface area contributed by atoms with Crippen molar-refractivity contribution in [2.75, 3.05) is 11.5 Å². The fourth-order valence-electron chi connectivity index (χ4n) is 0.819. The van der Waals surface area contributed by atoms with Gasteiger partial charge in [0, 0.05) is 11.8 Å². The van der Waals surface area contributed by atoms with Crippen LogP contribution in [0.3, 0.4) is 0 Å². The topological polar surface area (TPSA) is 124 Å². The number of hydrogen-bond acceptors (Lipinski definition) is 5. The lowest BCUT2D eigenvalue weighted by Gasteiger charge is -2.00. The average Bonchev–Trinajstić information content (AvgIpc) is 2.09. The number of anilines is 2. The van der Waals surface area contributed by atoms with E-state index in [1.165, 1.54) is 18.2 Å². The van der Waals surface area contributed by atoms with Gasteiger partial charge in [-0.2, -0.15) is 5.90 Å². The van der Waals surface area contributed by atoms with Gasteiger partial charge in [0.1, 0.15) is 0 Å². The normalized spacial score (nSPS) is 15.2. The Hall–Kier alpha value is -1.15. The van der Waals surface area contributed by atoms with Gasteiger partial charge in [0.2, 0.25) is 0 Å². The molecule has 0 aliphatic rings. The Bertz CT molecular complexity index is 368. The molecule has 0 saturated carbocycles. The van der Waals surface area contributed by atoms with Crippen LogP contribution in [0.2, 0.25) is 0 Å². The van der Waals surface area contributed by atoms with Crippen LogP contribution in [0.5, 0.6) is 0 Å². The molecule has 1 radical (unpaired) electrons. The third-order valence-electron chi connectivity index (χ3n) is 1.43. The van der Waals surface area contributed by atoms with E-state index in [4.69, 9.17) is 11.5 Å². The van der Waals surface area contributed by atoms with Crippen molar-refractivity contribution in [3.63, 3.8) is 0 Å². The van der Waals surface area contributed by atoms with E-state index in [2.05, 4.69) is 10.2 Å². The summed E-state index contributed by atoms with van der Waals surface area (Å²) in [5.41, 5.74) is 11.1. The minimum atomic E-state index is -3.98. The second kappa shape index (κ2) is 3.30. The number of nitrogens with two attached hydrogens (primary N) is 3. The lowest BCUT2D eigenvalue weighted by atomic mass is 10.3. The first kappa shape index (κ1) is 9.93. The molecule has 0 aliphatic carbocycles. The summed E-state index contributed by atoms with van der Waals surface area (Å²) in [7, 11) is -3.98. The van der Waals surface area contributed by atoms with E-state index in [-0.39, 0.29) is 16.3 Å². The number of rotatable bonds is 2. The van der Waals surface area contributed by atoms with Crippen LogP contribution in [0.15, 0.2) is 23.1 Å². The average molecular weight is 203 g/mol. The summed E-state index contributed by atoms with van der Waals surface area (Å²) in [5.74, 6) is 4.57. The Balaban J connectivity index is 3.29. The van der Waals surface area contributed by atoms with Crippen molar-refractivity contribution < 1.29 is 13.0 Å². The standard InChI is InChI=1S/C6H9N3O3S/c7-4-1-2-5(8)6(3-4)13(10,11)12-9/h1-3H,7-9H2/q+1. The van der Waals surface area contributed by atoms with Crippen molar-refractivity contribution in [2.45, 2.75) is 4.90 Å². The summed E-state index contributed by atoms with van der Waals surface area (Å²) < 4.78 is 26.0. The predicted molar refractivity (Wildman–Crippen MR) is 47.5 cm³/mol. The van der Waals surface area contributed by atoms with Gasteiger partial charge in [-0.05, 0) is 20.6 Å². The predicted octanol–water partition coefficient (Wildman–Crippen LogP) is -0.140. The molecule has 1 aromatic carbocycles. The highest BCUT2D eigenvalue weighted by Gasteiger charge is 2.36. The van der Waals surface area contributed by atoms with E-state index in [1.54, 1.807) is 0 Å². The maximum Gasteiger partial charge on any atom is 0.449 e. The molecular formula is C6H9N3O3S+. The molecule has 0 amide bonds. The van der Waals surface area contributed by atoms with E-state index in [0.29, 0.717) is 0 Å². The Morgan fingerprint density at radius 2 is 1.92 bits per heavy atom. The Morgan fingerprint density at radius 1 is 1.31 bits per heavy atom. The molecule has 7 heteroatoms. The minimum absolute atomic E-state index is 0.0413. The Labute approximate surface area is 76.1 Å². The van der Waals surface area contributed by atoms with Gasteiger partial charge in [0.05, 0.1) is 10.2 Å². The van der Waals surface area contributed by atoms with Crippen molar-refractivity contribution >= 4 is 21.9 Å². The number of benzene rings is 1. The van der Waals surface area contributed by atoms with Gasteiger partial charge in [-0.25, -0.2) is 0 Å². The van der Waals surface area contributed by atoms with Crippen LogP contribution in [0, 0.1) is 0 Å². The van der Waals surface area contributed by atoms with Gasteiger partial charge in [0.15, 0.2) is 0 Å². The van der Waals surface area contributed by atoms with E-state index < -0.39 is 10.5 Å². The highest BCUT2D eigenvalue weighted by atomic mass is 32.3. The Morgan fingerprint density at radius 3 is 2.46 bits per heavy atom. The second-order valence-corrected chi connectivity index (χ2v) is 3.89. The highest BCUT2D eigenvalue weighted by Crippen LogP contribution is 2.25. The second-order valence-electron chi connectivity index (χ2n) is 2.35. The van der Waals surface area contributed by atoms with Crippen LogP contribution < -0.4 is 17.4 Å². The van der Waals surface area contributed by atoms with Crippen molar-refractivity contribution in [1.82, 2.24) is 0 Å². The largest absolute Gasteiger partial charge is 0.449 e. The first-order valence-corrected chi connectivity index (χ1v) is 4.66. The molecule has 6 N–H and O–H groups in total. The third kappa shape index (κ3) is 1.95. The molecule has 1 atom stereocenters. The van der Waals surface area contributed by atoms with Crippen LogP contribution in [-0.2, 0) is 23.5 Å². The zero-order chi connectivity index (χ0) is 10.1. The van der Waals surface area contributed by atoms with Gasteiger partial charge in [-0.15, -0.1) is 0 Å². The van der Waals surface area contributed by atoms with Crippen LogP contribution in [0.25, 0.3) is 0 Å². The van der Waals surface area contributed by atoms with Crippen LogP contribution in [0.1, 0.15) is 0 Å². The molecule has 13 heavy (non-hydrogen) atoms. The fraction of sp³-hybridized carbons (Fsp3) is 0. The molecule has 0 aliphatic heterocycles. The molecule has 0 spiro atoms. The molecule has 1 rings (SSSR count). The van der Waals surface area contributed by atoms with Crippen molar-refractivity contribution in [3.05, 3.63) is 18.2 Å². The summed E-state index contributed by atoms with van der Waals surface area (Å²) in [5, 5.41) is 0. The zero-order valence-corrected chi connectivity index (χ0v) is 7.41. The summed E-state index contributed by atoms with van der Waals surface area (Å²) in [6.07, 6.45) is 0. The minimum Gasteiger partial charge on any atom is -0.399 e. The maximum atomic E-state index is 11.1. The monoisotopic (exact) mass is 203 g/mol. The van der Waals surface area contributed by atoms with Gasteiger partial charge < -0.3 is 11.5 Å². The van der Waals surface area contributed by atoms with E-state index >= 15 is 0 Å². The molecule has 1 aromatic rings. The number of nitrogen functional groups attached to an aromatic ring is 2. The molecule has 0 aromatic heterocycles. The molecule has 71 valence electrons. The van der Waals surface area contributed by atoms with Crippen LogP contribution >= 0.6 is 0 Å². The van der Waals surface area contributed by atoms with Gasteiger partial charge in [-0.3, -0.25) is 0 Å². The van der Waals surface area contributed by atoms with Gasteiger partial charge in [0.25, 0.3) is 4.90 Å². The molecule has 0 fully saturated rings. The fourth-order valence-corrected chi connectivity index (χ4v) is 1.56. The van der Waals surface area contributed by atoms with Crippen molar-refractivity contribution in [2.24, 2.45) is 5.90 Å². The molecule has 1 unspecified atom stereocenters. The number of hydrogen-bond donors (Lipinski definition) is 3. The smallest absolute Gasteiger partial charge is 0.399 e.